The van der Waals surface area contributed by atoms with E-state index >= 15 is 0 Å². The molecule has 1 aliphatic heterocycles. The van der Waals surface area contributed by atoms with Crippen molar-refractivity contribution in [1.29, 1.82) is 0 Å². The van der Waals surface area contributed by atoms with Gasteiger partial charge in [-0.25, -0.2) is 0 Å². The molecule has 124 valence electrons. The number of hydrogen-bond acceptors (Lipinski definition) is 3. The van der Waals surface area contributed by atoms with Gasteiger partial charge >= 0.3 is 0 Å². The van der Waals surface area contributed by atoms with Gasteiger partial charge in [0.2, 0.25) is 5.56 Å². The van der Waals surface area contributed by atoms with Gasteiger partial charge in [0.1, 0.15) is 0 Å². The van der Waals surface area contributed by atoms with Gasteiger partial charge in [0.05, 0.1) is 5.56 Å². The number of nitrogens with one attached hydrogen (secondary N) is 3. The van der Waals surface area contributed by atoms with Crippen LogP contribution in [-0.2, 0) is 0 Å². The fourth-order valence-electron chi connectivity index (χ4n) is 2.90. The van der Waals surface area contributed by atoms with Crippen LogP contribution in [0, 0.1) is 0 Å². The predicted octanol–water partition coefficient (Wildman–Crippen LogP) is 2.58. The molecule has 0 bridgehead atoms. The van der Waals surface area contributed by atoms with Crippen molar-refractivity contribution in [2.75, 3.05) is 6.54 Å². The Morgan fingerprint density at radius 1 is 1.35 bits per heavy atom. The highest BCUT2D eigenvalue weighted by Gasteiger charge is 2.23. The van der Waals surface area contributed by atoms with Gasteiger partial charge in [0.25, 0.3) is 5.91 Å². The first kappa shape index (κ1) is 18.0. The molecule has 5 nitrogen and oxygen atoms in total. The number of piperidine rings is 1. The Kier molecular flexibility index (Phi) is 5.84. The predicted molar refractivity (Wildman–Crippen MR) is 97.5 cm³/mol. The summed E-state index contributed by atoms with van der Waals surface area (Å²) in [6.07, 6.45) is 1.99. The van der Waals surface area contributed by atoms with Crippen molar-refractivity contribution in [3.05, 3.63) is 44.7 Å². The average molecular weight is 401 g/mol. The molecule has 1 amide bonds. The van der Waals surface area contributed by atoms with Crippen molar-refractivity contribution in [2.45, 2.75) is 31.8 Å². The Morgan fingerprint density at radius 2 is 2.13 bits per heavy atom. The molecule has 1 saturated heterocycles. The summed E-state index contributed by atoms with van der Waals surface area (Å²) in [4.78, 5) is 27.2. The van der Waals surface area contributed by atoms with E-state index in [0.717, 1.165) is 29.2 Å². The highest BCUT2D eigenvalue weighted by molar-refractivity contribution is 9.10. The minimum absolute atomic E-state index is 0. The first-order chi connectivity index (χ1) is 10.5. The van der Waals surface area contributed by atoms with E-state index in [1.54, 1.807) is 6.07 Å². The summed E-state index contributed by atoms with van der Waals surface area (Å²) in [5.41, 5.74) is 0.809. The molecule has 1 fully saturated rings. The van der Waals surface area contributed by atoms with Crippen LogP contribution in [0.1, 0.15) is 30.1 Å². The van der Waals surface area contributed by atoms with E-state index in [1.807, 2.05) is 12.1 Å². The highest BCUT2D eigenvalue weighted by Crippen LogP contribution is 2.21. The number of aromatic amines is 1. The number of pyridine rings is 1. The van der Waals surface area contributed by atoms with Gasteiger partial charge in [0, 0.05) is 33.5 Å². The molecular formula is C16H19BrClN3O2. The summed E-state index contributed by atoms with van der Waals surface area (Å²) in [5, 5.41) is 7.15. The van der Waals surface area contributed by atoms with Crippen molar-refractivity contribution in [1.82, 2.24) is 15.6 Å². The molecule has 7 heteroatoms. The first-order valence-corrected chi connectivity index (χ1v) is 8.21. The third-order valence-electron chi connectivity index (χ3n) is 4.13. The molecule has 23 heavy (non-hydrogen) atoms. The van der Waals surface area contributed by atoms with Crippen LogP contribution >= 0.6 is 28.3 Å². The second-order valence-corrected chi connectivity index (χ2v) is 6.62. The molecule has 3 N–H and O–H groups in total. The number of hydrogen-bond donors (Lipinski definition) is 3. The molecule has 2 unspecified atom stereocenters. The molecule has 0 spiro atoms. The van der Waals surface area contributed by atoms with Gasteiger partial charge in [0.15, 0.2) is 0 Å². The summed E-state index contributed by atoms with van der Waals surface area (Å²) < 4.78 is 0.869. The van der Waals surface area contributed by atoms with Gasteiger partial charge in [-0.1, -0.05) is 15.9 Å². The summed E-state index contributed by atoms with van der Waals surface area (Å²) in [5.74, 6) is -0.199. The van der Waals surface area contributed by atoms with E-state index in [1.165, 1.54) is 6.07 Å². The molecule has 0 saturated carbocycles. The topological polar surface area (TPSA) is 74.0 Å². The average Bonchev–Trinajstić information content (AvgIpc) is 2.49. The van der Waals surface area contributed by atoms with Crippen molar-refractivity contribution < 1.29 is 4.79 Å². The number of H-pyrrole nitrogens is 1. The molecule has 2 aromatic rings. The third kappa shape index (κ3) is 3.94. The lowest BCUT2D eigenvalue weighted by molar-refractivity contribution is 0.0921. The van der Waals surface area contributed by atoms with Crippen molar-refractivity contribution in [3.63, 3.8) is 0 Å². The van der Waals surface area contributed by atoms with Gasteiger partial charge < -0.3 is 15.6 Å². The lowest BCUT2D eigenvalue weighted by Crippen LogP contribution is -2.52. The summed E-state index contributed by atoms with van der Waals surface area (Å²) in [6.45, 7) is 3.05. The Morgan fingerprint density at radius 3 is 2.87 bits per heavy atom. The molecule has 2 heterocycles. The fraction of sp³-hybridized carbons (Fsp3) is 0.375. The SMILES string of the molecule is CC1NCCCC1NC(=O)c1cc(=O)[nH]c2ccc(Br)cc12.Cl. The van der Waals surface area contributed by atoms with Gasteiger partial charge in [-0.2, -0.15) is 0 Å². The highest BCUT2D eigenvalue weighted by atomic mass is 79.9. The second-order valence-electron chi connectivity index (χ2n) is 5.70. The minimum Gasteiger partial charge on any atom is -0.348 e. The Labute approximate surface area is 148 Å². The van der Waals surface area contributed by atoms with Gasteiger partial charge in [-0.15, -0.1) is 12.4 Å². The van der Waals surface area contributed by atoms with Crippen LogP contribution in [0.3, 0.4) is 0 Å². The molecule has 1 aromatic heterocycles. The number of benzene rings is 1. The Hall–Kier alpha value is -1.37. The van der Waals surface area contributed by atoms with E-state index in [2.05, 4.69) is 38.5 Å². The van der Waals surface area contributed by atoms with Crippen LogP contribution in [0.2, 0.25) is 0 Å². The Balaban J connectivity index is 0.00000192. The molecule has 0 radical (unpaired) electrons. The molecule has 2 atom stereocenters. The van der Waals surface area contributed by atoms with Crippen LogP contribution in [0.5, 0.6) is 0 Å². The van der Waals surface area contributed by atoms with E-state index in [-0.39, 0.29) is 36.0 Å². The molecular weight excluding hydrogens is 382 g/mol. The zero-order valence-electron chi connectivity index (χ0n) is 12.7. The summed E-state index contributed by atoms with van der Waals surface area (Å²) >= 11 is 3.41. The van der Waals surface area contributed by atoms with Crippen molar-refractivity contribution >= 4 is 45.1 Å². The van der Waals surface area contributed by atoms with E-state index in [0.29, 0.717) is 11.1 Å². The Bertz CT molecular complexity index is 777. The van der Waals surface area contributed by atoms with Gasteiger partial charge in [-0.3, -0.25) is 9.59 Å². The van der Waals surface area contributed by atoms with Gasteiger partial charge in [-0.05, 0) is 44.5 Å². The maximum absolute atomic E-state index is 12.6. The largest absolute Gasteiger partial charge is 0.348 e. The first-order valence-electron chi connectivity index (χ1n) is 7.41. The van der Waals surface area contributed by atoms with Crippen LogP contribution in [0.15, 0.2) is 33.5 Å². The zero-order valence-corrected chi connectivity index (χ0v) is 15.1. The normalized spacial score (nSPS) is 20.8. The molecule has 0 aliphatic carbocycles. The fourth-order valence-corrected chi connectivity index (χ4v) is 3.26. The van der Waals surface area contributed by atoms with Crippen LogP contribution in [0.25, 0.3) is 10.9 Å². The number of carbonyl (C=O) groups is 1. The standard InChI is InChI=1S/C16H18BrN3O2.ClH/c1-9-13(3-2-6-18-9)20-16(22)12-8-15(21)19-14-5-4-10(17)7-11(12)14;/h4-5,7-9,13,18H,2-3,6H2,1H3,(H,19,21)(H,20,22);1H. The number of fused-ring (bicyclic) bond motifs is 1. The van der Waals surface area contributed by atoms with Crippen LogP contribution in [-0.4, -0.2) is 29.5 Å². The number of carbonyl (C=O) groups excluding carboxylic acids is 1. The van der Waals surface area contributed by atoms with Crippen LogP contribution in [0.4, 0.5) is 0 Å². The van der Waals surface area contributed by atoms with Crippen molar-refractivity contribution in [3.8, 4) is 0 Å². The maximum Gasteiger partial charge on any atom is 0.252 e. The molecule has 3 rings (SSSR count). The lowest BCUT2D eigenvalue weighted by Gasteiger charge is -2.30. The molecule has 1 aromatic carbocycles. The number of amides is 1. The van der Waals surface area contributed by atoms with Crippen molar-refractivity contribution in [2.24, 2.45) is 0 Å². The lowest BCUT2D eigenvalue weighted by atomic mass is 9.99. The minimum atomic E-state index is -0.269. The number of aromatic nitrogens is 1. The summed E-state index contributed by atoms with van der Waals surface area (Å²) in [7, 11) is 0. The van der Waals surface area contributed by atoms with E-state index < -0.39 is 0 Å². The monoisotopic (exact) mass is 399 g/mol. The van der Waals surface area contributed by atoms with E-state index in [9.17, 15) is 9.59 Å². The number of rotatable bonds is 2. The third-order valence-corrected chi connectivity index (χ3v) is 4.62. The zero-order chi connectivity index (χ0) is 15.7. The quantitative estimate of drug-likeness (QED) is 0.725. The smallest absolute Gasteiger partial charge is 0.252 e. The second kappa shape index (κ2) is 7.47. The number of halogens is 2. The molecule has 1 aliphatic rings. The van der Waals surface area contributed by atoms with E-state index in [4.69, 9.17) is 0 Å². The maximum atomic E-state index is 12.6. The summed E-state index contributed by atoms with van der Waals surface area (Å²) in [6, 6.07) is 7.17. The van der Waals surface area contributed by atoms with Crippen LogP contribution < -0.4 is 16.2 Å².